The molecule has 2 heteroatoms. The van der Waals surface area contributed by atoms with Gasteiger partial charge in [-0.25, -0.2) is 4.39 Å². The van der Waals surface area contributed by atoms with Crippen LogP contribution in [0.5, 0.6) is 0 Å². The van der Waals surface area contributed by atoms with Gasteiger partial charge in [0, 0.05) is 4.83 Å². The van der Waals surface area contributed by atoms with Crippen LogP contribution in [0.2, 0.25) is 0 Å². The van der Waals surface area contributed by atoms with E-state index in [4.69, 9.17) is 0 Å². The molecule has 0 saturated heterocycles. The lowest BCUT2D eigenvalue weighted by molar-refractivity contribution is 0.437. The minimum atomic E-state index is -0.266. The van der Waals surface area contributed by atoms with Gasteiger partial charge >= 0.3 is 0 Å². The average molecular weight is 169 g/mol. The summed E-state index contributed by atoms with van der Waals surface area (Å²) in [7, 11) is 0. The summed E-state index contributed by atoms with van der Waals surface area (Å²) in [6.07, 6.45) is 0. The highest BCUT2D eigenvalue weighted by atomic mass is 79.9. The van der Waals surface area contributed by atoms with Gasteiger partial charge in [0.25, 0.3) is 0 Å². The van der Waals surface area contributed by atoms with E-state index in [1.165, 1.54) is 0 Å². The highest BCUT2D eigenvalue weighted by Crippen LogP contribution is 2.10. The van der Waals surface area contributed by atoms with Gasteiger partial charge in [-0.2, -0.15) is 0 Å². The van der Waals surface area contributed by atoms with Crippen LogP contribution in [0.4, 0.5) is 4.39 Å². The molecule has 0 aliphatic heterocycles. The molecule has 0 aliphatic rings. The first-order valence-electron chi connectivity index (χ1n) is 2.38. The van der Waals surface area contributed by atoms with Crippen LogP contribution in [0.15, 0.2) is 0 Å². The molecule has 0 fully saturated rings. The Morgan fingerprint density at radius 3 is 2.00 bits per heavy atom. The Labute approximate surface area is 52.2 Å². The summed E-state index contributed by atoms with van der Waals surface area (Å²) in [5, 5.41) is 0. The predicted molar refractivity (Wildman–Crippen MR) is 33.5 cm³/mol. The van der Waals surface area contributed by atoms with Gasteiger partial charge in [-0.1, -0.05) is 29.8 Å². The fourth-order valence-corrected chi connectivity index (χ4v) is 0.178. The summed E-state index contributed by atoms with van der Waals surface area (Å²) in [5.41, 5.74) is 0. The SMILES string of the molecule is CC(C)C(Br)CF. The lowest BCUT2D eigenvalue weighted by Gasteiger charge is -2.06. The van der Waals surface area contributed by atoms with Crippen LogP contribution in [0.1, 0.15) is 13.8 Å². The Morgan fingerprint density at radius 1 is 1.57 bits per heavy atom. The number of hydrogen-bond acceptors (Lipinski definition) is 0. The molecule has 0 N–H and O–H groups in total. The maximum atomic E-state index is 11.6. The number of hydrogen-bond donors (Lipinski definition) is 0. The molecular formula is C5H10BrF. The van der Waals surface area contributed by atoms with Gasteiger partial charge in [-0.15, -0.1) is 0 Å². The summed E-state index contributed by atoms with van der Waals surface area (Å²) in [5.74, 6) is 0.407. The van der Waals surface area contributed by atoms with Crippen LogP contribution in [0, 0.1) is 5.92 Å². The van der Waals surface area contributed by atoms with Gasteiger partial charge in [-0.05, 0) is 5.92 Å². The van der Waals surface area contributed by atoms with Crippen molar-refractivity contribution < 1.29 is 4.39 Å². The first-order chi connectivity index (χ1) is 3.18. The molecule has 44 valence electrons. The van der Waals surface area contributed by atoms with Crippen molar-refractivity contribution in [2.75, 3.05) is 6.67 Å². The van der Waals surface area contributed by atoms with Crippen molar-refractivity contribution in [3.63, 3.8) is 0 Å². The third-order valence-corrected chi connectivity index (χ3v) is 2.17. The zero-order chi connectivity index (χ0) is 5.86. The Hall–Kier alpha value is 0.410. The molecule has 0 aliphatic carbocycles. The second kappa shape index (κ2) is 3.42. The van der Waals surface area contributed by atoms with Crippen molar-refractivity contribution >= 4 is 15.9 Å². The maximum Gasteiger partial charge on any atom is 0.102 e. The summed E-state index contributed by atoms with van der Waals surface area (Å²) in [6.45, 7) is 3.70. The minimum absolute atomic E-state index is 0.0486. The quantitative estimate of drug-likeness (QED) is 0.556. The normalized spacial score (nSPS) is 15.0. The molecule has 0 saturated carbocycles. The molecule has 0 aromatic heterocycles. The second-order valence-electron chi connectivity index (χ2n) is 1.91. The van der Waals surface area contributed by atoms with Crippen LogP contribution in [-0.4, -0.2) is 11.5 Å². The van der Waals surface area contributed by atoms with Crippen molar-refractivity contribution in [2.45, 2.75) is 18.7 Å². The Balaban J connectivity index is 3.14. The van der Waals surface area contributed by atoms with Crippen molar-refractivity contribution in [3.8, 4) is 0 Å². The molecular weight excluding hydrogens is 159 g/mol. The van der Waals surface area contributed by atoms with E-state index in [1.807, 2.05) is 13.8 Å². The lowest BCUT2D eigenvalue weighted by atomic mass is 10.2. The molecule has 0 nitrogen and oxygen atoms in total. The molecule has 0 rings (SSSR count). The Kier molecular flexibility index (Phi) is 3.62. The largest absolute Gasteiger partial charge is 0.250 e. The zero-order valence-corrected chi connectivity index (χ0v) is 6.20. The van der Waals surface area contributed by atoms with E-state index in [0.29, 0.717) is 5.92 Å². The first-order valence-corrected chi connectivity index (χ1v) is 3.30. The van der Waals surface area contributed by atoms with E-state index in [9.17, 15) is 4.39 Å². The van der Waals surface area contributed by atoms with E-state index in [-0.39, 0.29) is 11.5 Å². The van der Waals surface area contributed by atoms with Crippen LogP contribution in [0.25, 0.3) is 0 Å². The third kappa shape index (κ3) is 3.03. The average Bonchev–Trinajstić information content (AvgIpc) is 1.65. The van der Waals surface area contributed by atoms with Gasteiger partial charge < -0.3 is 0 Å². The maximum absolute atomic E-state index is 11.6. The van der Waals surface area contributed by atoms with Crippen LogP contribution < -0.4 is 0 Å². The van der Waals surface area contributed by atoms with Gasteiger partial charge in [-0.3, -0.25) is 0 Å². The standard InChI is InChI=1S/C5H10BrF/c1-4(2)5(6)3-7/h4-5H,3H2,1-2H3. The van der Waals surface area contributed by atoms with Crippen LogP contribution in [0.3, 0.4) is 0 Å². The van der Waals surface area contributed by atoms with Gasteiger partial charge in [0.1, 0.15) is 6.67 Å². The molecule has 0 aromatic carbocycles. The van der Waals surface area contributed by atoms with Crippen molar-refractivity contribution in [1.29, 1.82) is 0 Å². The van der Waals surface area contributed by atoms with Gasteiger partial charge in [0.2, 0.25) is 0 Å². The molecule has 0 radical (unpaired) electrons. The van der Waals surface area contributed by atoms with Crippen LogP contribution >= 0.6 is 15.9 Å². The first kappa shape index (κ1) is 7.41. The molecule has 7 heavy (non-hydrogen) atoms. The second-order valence-corrected chi connectivity index (χ2v) is 3.09. The summed E-state index contributed by atoms with van der Waals surface area (Å²) in [4.78, 5) is 0.0486. The topological polar surface area (TPSA) is 0 Å². The minimum Gasteiger partial charge on any atom is -0.250 e. The zero-order valence-electron chi connectivity index (χ0n) is 4.62. The Morgan fingerprint density at radius 2 is 2.00 bits per heavy atom. The number of rotatable bonds is 2. The lowest BCUT2D eigenvalue weighted by Crippen LogP contribution is -2.08. The smallest absolute Gasteiger partial charge is 0.102 e. The highest BCUT2D eigenvalue weighted by Gasteiger charge is 2.05. The third-order valence-electron chi connectivity index (χ3n) is 0.871. The van der Waals surface area contributed by atoms with Crippen molar-refractivity contribution in [1.82, 2.24) is 0 Å². The summed E-state index contributed by atoms with van der Waals surface area (Å²) < 4.78 is 11.6. The molecule has 1 atom stereocenters. The molecule has 0 amide bonds. The predicted octanol–water partition coefficient (Wildman–Crippen LogP) is 2.38. The molecule has 0 spiro atoms. The fraction of sp³-hybridized carbons (Fsp3) is 1.00. The van der Waals surface area contributed by atoms with Gasteiger partial charge in [0.05, 0.1) is 0 Å². The van der Waals surface area contributed by atoms with Crippen LogP contribution in [-0.2, 0) is 0 Å². The number of alkyl halides is 2. The molecule has 1 unspecified atom stereocenters. The Bertz CT molecular complexity index is 45.3. The van der Waals surface area contributed by atoms with E-state index in [0.717, 1.165) is 0 Å². The van der Waals surface area contributed by atoms with Crippen molar-refractivity contribution in [2.24, 2.45) is 5.92 Å². The van der Waals surface area contributed by atoms with Gasteiger partial charge in [0.15, 0.2) is 0 Å². The van der Waals surface area contributed by atoms with Crippen molar-refractivity contribution in [3.05, 3.63) is 0 Å². The van der Waals surface area contributed by atoms with E-state index in [1.54, 1.807) is 0 Å². The highest BCUT2D eigenvalue weighted by molar-refractivity contribution is 9.09. The van der Waals surface area contributed by atoms with E-state index in [2.05, 4.69) is 15.9 Å². The summed E-state index contributed by atoms with van der Waals surface area (Å²) >= 11 is 3.17. The number of halogens is 2. The molecule has 0 bridgehead atoms. The van der Waals surface area contributed by atoms with E-state index < -0.39 is 0 Å². The molecule has 0 heterocycles. The fourth-order valence-electron chi connectivity index (χ4n) is 0.178. The molecule has 0 aromatic rings. The monoisotopic (exact) mass is 168 g/mol. The summed E-state index contributed by atoms with van der Waals surface area (Å²) in [6, 6.07) is 0. The van der Waals surface area contributed by atoms with E-state index >= 15 is 0 Å².